The summed E-state index contributed by atoms with van der Waals surface area (Å²) in [5, 5.41) is 4.48. The lowest BCUT2D eigenvalue weighted by Crippen LogP contribution is -2.33. The van der Waals surface area contributed by atoms with E-state index in [4.69, 9.17) is 9.47 Å². The molecule has 0 aliphatic heterocycles. The molecule has 1 rings (SSSR count). The van der Waals surface area contributed by atoms with E-state index in [1.165, 1.54) is 4.68 Å². The molecule has 1 aromatic rings. The molecular weight excluding hydrogens is 246 g/mol. The molecule has 0 aliphatic rings. The quantitative estimate of drug-likeness (QED) is 0.755. The minimum absolute atomic E-state index is 0.0874. The van der Waals surface area contributed by atoms with Gasteiger partial charge in [-0.2, -0.15) is 5.10 Å². The highest BCUT2D eigenvalue weighted by Gasteiger charge is 2.23. The molecule has 6 heteroatoms. The molecular formula is C13H25N3O3. The Hall–Kier alpha value is -1.14. The van der Waals surface area contributed by atoms with E-state index in [0.717, 1.165) is 5.82 Å². The number of rotatable bonds is 7. The molecule has 0 radical (unpaired) electrons. The van der Waals surface area contributed by atoms with Crippen LogP contribution >= 0.6 is 0 Å². The van der Waals surface area contributed by atoms with E-state index in [1.54, 1.807) is 18.8 Å². The van der Waals surface area contributed by atoms with Gasteiger partial charge in [-0.25, -0.2) is 9.48 Å². The van der Waals surface area contributed by atoms with Gasteiger partial charge in [-0.1, -0.05) is 13.8 Å². The van der Waals surface area contributed by atoms with Gasteiger partial charge in [0.15, 0.2) is 0 Å². The maximum atomic E-state index is 12.5. The van der Waals surface area contributed by atoms with Crippen molar-refractivity contribution in [3.05, 3.63) is 16.3 Å². The number of hydrogen-bond donors (Lipinski definition) is 0. The summed E-state index contributed by atoms with van der Waals surface area (Å²) >= 11 is 0. The van der Waals surface area contributed by atoms with Crippen molar-refractivity contribution in [3.63, 3.8) is 0 Å². The molecule has 0 atom stereocenters. The molecule has 0 spiro atoms. The van der Waals surface area contributed by atoms with Crippen LogP contribution in [0.15, 0.2) is 4.79 Å². The van der Waals surface area contributed by atoms with Crippen LogP contribution in [0, 0.1) is 0 Å². The van der Waals surface area contributed by atoms with Gasteiger partial charge in [-0.05, 0) is 13.8 Å². The molecule has 0 unspecified atom stereocenters. The molecule has 0 fully saturated rings. The number of nitrogens with zero attached hydrogens (tertiary/aromatic N) is 3. The minimum Gasteiger partial charge on any atom is -0.382 e. The largest absolute Gasteiger partial charge is 0.382 e. The van der Waals surface area contributed by atoms with Crippen LogP contribution in [0.25, 0.3) is 0 Å². The third-order valence-electron chi connectivity index (χ3n) is 2.96. The SMILES string of the molecule is COCC(COC)n1nc(C(C)C)n(C(C)C)c1=O. The van der Waals surface area contributed by atoms with Crippen LogP contribution in [0.4, 0.5) is 0 Å². The summed E-state index contributed by atoms with van der Waals surface area (Å²) in [6.45, 7) is 8.85. The first-order valence-electron chi connectivity index (χ1n) is 6.62. The summed E-state index contributed by atoms with van der Waals surface area (Å²) < 4.78 is 13.5. The summed E-state index contributed by atoms with van der Waals surface area (Å²) in [5.74, 6) is 0.999. The standard InChI is InChI=1S/C13H25N3O3/c1-9(2)12-14-16(11(7-18-5)8-19-6)13(17)15(12)10(3)4/h9-11H,7-8H2,1-6H3. The first-order chi connectivity index (χ1) is 8.93. The number of aromatic nitrogens is 3. The Bertz CT molecular complexity index is 442. The van der Waals surface area contributed by atoms with E-state index in [-0.39, 0.29) is 23.7 Å². The van der Waals surface area contributed by atoms with Crippen molar-refractivity contribution >= 4 is 0 Å². The molecule has 0 N–H and O–H groups in total. The number of methoxy groups -OCH3 is 2. The van der Waals surface area contributed by atoms with E-state index < -0.39 is 0 Å². The summed E-state index contributed by atoms with van der Waals surface area (Å²) in [7, 11) is 3.22. The molecule has 1 aromatic heterocycles. The topological polar surface area (TPSA) is 58.3 Å². The highest BCUT2D eigenvalue weighted by molar-refractivity contribution is 4.96. The van der Waals surface area contributed by atoms with Crippen LogP contribution in [-0.2, 0) is 9.47 Å². The van der Waals surface area contributed by atoms with Crippen LogP contribution in [0.2, 0.25) is 0 Å². The fraction of sp³-hybridized carbons (Fsp3) is 0.846. The van der Waals surface area contributed by atoms with Gasteiger partial charge in [0.05, 0.1) is 13.2 Å². The Labute approximate surface area is 114 Å². The Kier molecular flexibility index (Phi) is 5.75. The van der Waals surface area contributed by atoms with Gasteiger partial charge in [0.1, 0.15) is 11.9 Å². The number of hydrogen-bond acceptors (Lipinski definition) is 4. The van der Waals surface area contributed by atoms with Crippen molar-refractivity contribution in [1.29, 1.82) is 0 Å². The Morgan fingerprint density at radius 3 is 1.95 bits per heavy atom. The van der Waals surface area contributed by atoms with Gasteiger partial charge >= 0.3 is 5.69 Å². The lowest BCUT2D eigenvalue weighted by Gasteiger charge is -2.14. The minimum atomic E-state index is -0.194. The van der Waals surface area contributed by atoms with Crippen molar-refractivity contribution in [3.8, 4) is 0 Å². The molecule has 110 valence electrons. The third-order valence-corrected chi connectivity index (χ3v) is 2.96. The normalized spacial score (nSPS) is 12.1. The molecule has 0 aromatic carbocycles. The maximum absolute atomic E-state index is 12.5. The van der Waals surface area contributed by atoms with E-state index in [1.807, 2.05) is 27.7 Å². The molecule has 1 heterocycles. The Morgan fingerprint density at radius 1 is 1.11 bits per heavy atom. The van der Waals surface area contributed by atoms with Crippen molar-refractivity contribution < 1.29 is 9.47 Å². The third kappa shape index (κ3) is 3.45. The van der Waals surface area contributed by atoms with Crippen molar-refractivity contribution in [2.45, 2.75) is 45.7 Å². The average Bonchev–Trinajstić information content (AvgIpc) is 2.67. The van der Waals surface area contributed by atoms with Gasteiger partial charge in [0.2, 0.25) is 0 Å². The van der Waals surface area contributed by atoms with Gasteiger partial charge in [0.25, 0.3) is 0 Å². The van der Waals surface area contributed by atoms with E-state index >= 15 is 0 Å². The summed E-state index contributed by atoms with van der Waals surface area (Å²) in [5.41, 5.74) is -0.0993. The molecule has 19 heavy (non-hydrogen) atoms. The second-order valence-corrected chi connectivity index (χ2v) is 5.27. The summed E-state index contributed by atoms with van der Waals surface area (Å²) in [4.78, 5) is 12.5. The Morgan fingerprint density at radius 2 is 1.63 bits per heavy atom. The zero-order chi connectivity index (χ0) is 14.6. The lowest BCUT2D eigenvalue weighted by atomic mass is 10.2. The van der Waals surface area contributed by atoms with Crippen LogP contribution in [0.5, 0.6) is 0 Å². The van der Waals surface area contributed by atoms with Gasteiger partial charge < -0.3 is 9.47 Å². The van der Waals surface area contributed by atoms with Crippen molar-refractivity contribution in [2.24, 2.45) is 0 Å². The molecule has 0 bridgehead atoms. The van der Waals surface area contributed by atoms with E-state index in [9.17, 15) is 4.79 Å². The van der Waals surface area contributed by atoms with Crippen molar-refractivity contribution in [2.75, 3.05) is 27.4 Å². The van der Waals surface area contributed by atoms with Gasteiger partial charge in [-0.3, -0.25) is 4.57 Å². The van der Waals surface area contributed by atoms with Crippen LogP contribution < -0.4 is 5.69 Å². The van der Waals surface area contributed by atoms with Gasteiger partial charge in [-0.15, -0.1) is 0 Å². The molecule has 0 aliphatic carbocycles. The van der Waals surface area contributed by atoms with Crippen LogP contribution in [0.3, 0.4) is 0 Å². The first-order valence-corrected chi connectivity index (χ1v) is 6.62. The molecule has 6 nitrogen and oxygen atoms in total. The Balaban J connectivity index is 3.28. The smallest absolute Gasteiger partial charge is 0.346 e. The zero-order valence-corrected chi connectivity index (χ0v) is 12.7. The zero-order valence-electron chi connectivity index (χ0n) is 12.7. The molecule has 0 saturated carbocycles. The lowest BCUT2D eigenvalue weighted by molar-refractivity contribution is 0.0816. The van der Waals surface area contributed by atoms with Crippen molar-refractivity contribution in [1.82, 2.24) is 14.3 Å². The molecule has 0 amide bonds. The van der Waals surface area contributed by atoms with E-state index in [0.29, 0.717) is 13.2 Å². The summed E-state index contributed by atoms with van der Waals surface area (Å²) in [6, 6.07) is -0.107. The van der Waals surface area contributed by atoms with Crippen LogP contribution in [-0.4, -0.2) is 41.8 Å². The fourth-order valence-electron chi connectivity index (χ4n) is 2.10. The van der Waals surface area contributed by atoms with Gasteiger partial charge in [0, 0.05) is 26.2 Å². The van der Waals surface area contributed by atoms with Crippen LogP contribution in [0.1, 0.15) is 51.5 Å². The molecule has 0 saturated heterocycles. The highest BCUT2D eigenvalue weighted by atomic mass is 16.5. The highest BCUT2D eigenvalue weighted by Crippen LogP contribution is 2.16. The number of ether oxygens (including phenoxy) is 2. The predicted octanol–water partition coefficient (Wildman–Crippen LogP) is 1.58. The van der Waals surface area contributed by atoms with E-state index in [2.05, 4.69) is 5.10 Å². The first kappa shape index (κ1) is 15.9. The second kappa shape index (κ2) is 6.86. The average molecular weight is 271 g/mol. The monoisotopic (exact) mass is 271 g/mol. The predicted molar refractivity (Wildman–Crippen MR) is 73.8 cm³/mol. The second-order valence-electron chi connectivity index (χ2n) is 5.27. The maximum Gasteiger partial charge on any atom is 0.346 e. The summed E-state index contributed by atoms with van der Waals surface area (Å²) in [6.07, 6.45) is 0. The fourth-order valence-corrected chi connectivity index (χ4v) is 2.10.